The van der Waals surface area contributed by atoms with Gasteiger partial charge in [0, 0.05) is 24.6 Å². The molecular weight excluding hydrogens is 368 g/mol. The minimum Gasteiger partial charge on any atom is -0.465 e. The molecule has 1 aromatic rings. The van der Waals surface area contributed by atoms with Crippen molar-refractivity contribution in [3.8, 4) is 0 Å². The Morgan fingerprint density at radius 2 is 2.00 bits per heavy atom. The first-order valence-corrected chi connectivity index (χ1v) is 9.75. The normalized spacial score (nSPS) is 25.3. The molecule has 0 bridgehead atoms. The fourth-order valence-electron chi connectivity index (χ4n) is 4.13. The molecule has 3 rings (SSSR count). The highest BCUT2D eigenvalue weighted by Gasteiger charge is 2.48. The van der Waals surface area contributed by atoms with E-state index in [1.165, 1.54) is 4.90 Å². The molecule has 0 spiro atoms. The first-order valence-electron chi connectivity index (χ1n) is 9.37. The van der Waals surface area contributed by atoms with Crippen LogP contribution in [0.25, 0.3) is 0 Å². The molecule has 1 saturated heterocycles. The summed E-state index contributed by atoms with van der Waals surface area (Å²) in [4.78, 5) is 24.8. The van der Waals surface area contributed by atoms with Gasteiger partial charge in [-0.05, 0) is 37.8 Å². The summed E-state index contributed by atoms with van der Waals surface area (Å²) in [6.45, 7) is 14.6. The van der Waals surface area contributed by atoms with Crippen molar-refractivity contribution in [1.29, 1.82) is 0 Å². The highest BCUT2D eigenvalue weighted by atomic mass is 35.5. The van der Waals surface area contributed by atoms with Crippen LogP contribution in [0, 0.1) is 5.41 Å². The molecule has 2 aliphatic heterocycles. The van der Waals surface area contributed by atoms with Gasteiger partial charge in [0.1, 0.15) is 5.82 Å². The molecule has 1 N–H and O–H groups in total. The quantitative estimate of drug-likeness (QED) is 0.729. The molecule has 1 amide bonds. The number of hydrogen-bond acceptors (Lipinski definition) is 5. The summed E-state index contributed by atoms with van der Waals surface area (Å²) >= 11 is 6.32. The Kier molecular flexibility index (Phi) is 5.06. The third kappa shape index (κ3) is 3.47. The molecule has 8 heteroatoms. The molecule has 1 aromatic heterocycles. The van der Waals surface area contributed by atoms with E-state index in [0.29, 0.717) is 25.5 Å². The Balaban J connectivity index is 2.27. The third-order valence-corrected chi connectivity index (χ3v) is 5.95. The van der Waals surface area contributed by atoms with Crippen LogP contribution in [0.1, 0.15) is 58.7 Å². The van der Waals surface area contributed by atoms with Gasteiger partial charge in [-0.2, -0.15) is 0 Å². The molecule has 0 aromatic carbocycles. The van der Waals surface area contributed by atoms with Crippen molar-refractivity contribution < 1.29 is 14.6 Å². The number of carboxylic acid groups (broad SMARTS) is 1. The number of amides is 1. The predicted octanol–water partition coefficient (Wildman–Crippen LogP) is 3.71. The van der Waals surface area contributed by atoms with E-state index in [0.717, 1.165) is 17.9 Å². The van der Waals surface area contributed by atoms with Crippen LogP contribution >= 0.6 is 11.6 Å². The molecular formula is C19H29ClN4O3. The molecule has 0 saturated carbocycles. The lowest BCUT2D eigenvalue weighted by atomic mass is 9.70. The van der Waals surface area contributed by atoms with E-state index in [2.05, 4.69) is 42.6 Å². The van der Waals surface area contributed by atoms with Crippen molar-refractivity contribution in [2.24, 2.45) is 5.41 Å². The maximum Gasteiger partial charge on any atom is 0.408 e. The summed E-state index contributed by atoms with van der Waals surface area (Å²) in [6, 6.07) is 0.162. The fourth-order valence-corrected chi connectivity index (χ4v) is 4.30. The summed E-state index contributed by atoms with van der Waals surface area (Å²) < 4.78 is 5.59. The number of hydrogen-bond donors (Lipinski definition) is 1. The smallest absolute Gasteiger partial charge is 0.408 e. The Morgan fingerprint density at radius 3 is 2.56 bits per heavy atom. The Labute approximate surface area is 165 Å². The Hall–Kier alpha value is -1.60. The molecule has 0 radical (unpaired) electrons. The van der Waals surface area contributed by atoms with E-state index >= 15 is 0 Å². The minimum atomic E-state index is -0.948. The molecule has 7 nitrogen and oxygen atoms in total. The van der Waals surface area contributed by atoms with E-state index in [-0.39, 0.29) is 22.7 Å². The van der Waals surface area contributed by atoms with Crippen molar-refractivity contribution in [1.82, 2.24) is 14.9 Å². The largest absolute Gasteiger partial charge is 0.465 e. The maximum atomic E-state index is 12.0. The number of halogens is 1. The molecule has 27 heavy (non-hydrogen) atoms. The standard InChI is InChI=1S/C19H29ClN4O3/c1-11-10-27-8-7-23(11)15-13-12(18(2,3)4)9-24(17(25)26)19(5,6)14(13)21-16(20)22-15/h11-12H,7-10H2,1-6H3,(H,25,26)/t11?,12-/m1/s1. The summed E-state index contributed by atoms with van der Waals surface area (Å²) in [5, 5.41) is 9.98. The predicted molar refractivity (Wildman–Crippen MR) is 105 cm³/mol. The summed E-state index contributed by atoms with van der Waals surface area (Å²) in [6.07, 6.45) is -0.948. The average molecular weight is 397 g/mol. The summed E-state index contributed by atoms with van der Waals surface area (Å²) in [5.74, 6) is 0.776. The van der Waals surface area contributed by atoms with Crippen LogP contribution in [-0.2, 0) is 10.3 Å². The van der Waals surface area contributed by atoms with E-state index in [1.54, 1.807) is 0 Å². The lowest BCUT2D eigenvalue weighted by molar-refractivity contribution is 0.0597. The topological polar surface area (TPSA) is 78.8 Å². The lowest BCUT2D eigenvalue weighted by Gasteiger charge is -2.49. The highest BCUT2D eigenvalue weighted by Crippen LogP contribution is 2.49. The summed E-state index contributed by atoms with van der Waals surface area (Å²) in [7, 11) is 0. The van der Waals surface area contributed by atoms with Gasteiger partial charge in [-0.1, -0.05) is 20.8 Å². The van der Waals surface area contributed by atoms with Crippen LogP contribution in [0.3, 0.4) is 0 Å². The van der Waals surface area contributed by atoms with Gasteiger partial charge in [0.2, 0.25) is 5.28 Å². The van der Waals surface area contributed by atoms with Gasteiger partial charge in [-0.3, -0.25) is 4.90 Å². The second-order valence-corrected chi connectivity index (χ2v) is 9.40. The number of rotatable bonds is 1. The zero-order valence-corrected chi connectivity index (χ0v) is 17.7. The van der Waals surface area contributed by atoms with E-state index in [4.69, 9.17) is 16.3 Å². The van der Waals surface area contributed by atoms with Gasteiger partial charge in [0.15, 0.2) is 0 Å². The average Bonchev–Trinajstić information content (AvgIpc) is 2.53. The molecule has 150 valence electrons. The first-order chi connectivity index (χ1) is 12.4. The van der Waals surface area contributed by atoms with Crippen molar-refractivity contribution in [2.75, 3.05) is 31.2 Å². The highest BCUT2D eigenvalue weighted by molar-refractivity contribution is 6.28. The number of anilines is 1. The number of ether oxygens (including phenoxy) is 1. The van der Waals surface area contributed by atoms with E-state index in [1.807, 2.05) is 13.8 Å². The van der Waals surface area contributed by atoms with Gasteiger partial charge in [0.25, 0.3) is 0 Å². The van der Waals surface area contributed by atoms with Crippen LogP contribution in [0.15, 0.2) is 0 Å². The van der Waals surface area contributed by atoms with Crippen LogP contribution < -0.4 is 4.90 Å². The molecule has 1 unspecified atom stereocenters. The van der Waals surface area contributed by atoms with Crippen molar-refractivity contribution >= 4 is 23.5 Å². The number of fused-ring (bicyclic) bond motifs is 1. The zero-order chi connectivity index (χ0) is 20.1. The SMILES string of the molecule is CC1COCCN1c1nc(Cl)nc2c1[C@H](C(C)(C)C)CN(C(=O)O)C2(C)C. The minimum absolute atomic E-state index is 0.0427. The second kappa shape index (κ2) is 6.78. The fraction of sp³-hybridized carbons (Fsp3) is 0.737. The van der Waals surface area contributed by atoms with Gasteiger partial charge in [-0.25, -0.2) is 14.8 Å². The second-order valence-electron chi connectivity index (χ2n) is 9.07. The Morgan fingerprint density at radius 1 is 1.33 bits per heavy atom. The number of nitrogens with zero attached hydrogens (tertiary/aromatic N) is 4. The van der Waals surface area contributed by atoms with Crippen molar-refractivity contribution in [3.63, 3.8) is 0 Å². The number of aromatic nitrogens is 2. The molecule has 0 aliphatic carbocycles. The van der Waals surface area contributed by atoms with E-state index < -0.39 is 11.6 Å². The van der Waals surface area contributed by atoms with E-state index in [9.17, 15) is 9.90 Å². The number of carbonyl (C=O) groups is 1. The van der Waals surface area contributed by atoms with Crippen molar-refractivity contribution in [3.05, 3.63) is 16.5 Å². The zero-order valence-electron chi connectivity index (χ0n) is 16.9. The van der Waals surface area contributed by atoms with Gasteiger partial charge >= 0.3 is 6.09 Å². The van der Waals surface area contributed by atoms with Crippen LogP contribution in [0.4, 0.5) is 10.6 Å². The number of morpholine rings is 1. The molecule has 3 heterocycles. The third-order valence-electron chi connectivity index (χ3n) is 5.78. The van der Waals surface area contributed by atoms with Crippen LogP contribution in [-0.4, -0.2) is 58.4 Å². The first kappa shape index (κ1) is 20.1. The van der Waals surface area contributed by atoms with Crippen LogP contribution in [0.5, 0.6) is 0 Å². The maximum absolute atomic E-state index is 12.0. The summed E-state index contributed by atoms with van der Waals surface area (Å²) in [5.41, 5.74) is 0.758. The Bertz CT molecular complexity index is 747. The lowest BCUT2D eigenvalue weighted by Crippen LogP contribution is -2.54. The van der Waals surface area contributed by atoms with Crippen molar-refractivity contribution in [2.45, 2.75) is 59.0 Å². The molecule has 1 fully saturated rings. The monoisotopic (exact) mass is 396 g/mol. The van der Waals surface area contributed by atoms with Gasteiger partial charge < -0.3 is 14.7 Å². The van der Waals surface area contributed by atoms with Gasteiger partial charge in [0.05, 0.1) is 30.5 Å². The molecule has 2 aliphatic rings. The molecule has 2 atom stereocenters. The van der Waals surface area contributed by atoms with Gasteiger partial charge in [-0.15, -0.1) is 0 Å². The van der Waals surface area contributed by atoms with Crippen LogP contribution in [0.2, 0.25) is 5.28 Å².